The minimum absolute atomic E-state index is 0.0278. The van der Waals surface area contributed by atoms with E-state index >= 15 is 0 Å². The molecule has 1 amide bonds. The molecule has 0 atom stereocenters. The highest BCUT2D eigenvalue weighted by atomic mass is 35.5. The summed E-state index contributed by atoms with van der Waals surface area (Å²) in [5.74, 6) is -0.0278. The number of hydrogen-bond acceptors (Lipinski definition) is 4. The van der Waals surface area contributed by atoms with Crippen LogP contribution in [-0.4, -0.2) is 36.2 Å². The van der Waals surface area contributed by atoms with E-state index in [-0.39, 0.29) is 5.91 Å². The molecule has 1 aliphatic rings. The van der Waals surface area contributed by atoms with Crippen molar-refractivity contribution in [3.05, 3.63) is 69.6 Å². The van der Waals surface area contributed by atoms with Crippen molar-refractivity contribution in [2.24, 2.45) is 4.99 Å². The summed E-state index contributed by atoms with van der Waals surface area (Å²) in [5.41, 5.74) is 3.04. The third-order valence-electron chi connectivity index (χ3n) is 4.36. The van der Waals surface area contributed by atoms with Crippen LogP contribution < -0.4 is 0 Å². The quantitative estimate of drug-likeness (QED) is 0.441. The molecule has 0 unspecified atom stereocenters. The lowest BCUT2D eigenvalue weighted by Gasteiger charge is -2.15. The Balaban J connectivity index is 1.87. The summed E-state index contributed by atoms with van der Waals surface area (Å²) in [6.07, 6.45) is 3.63. The number of aryl methyl sites for hydroxylation is 1. The lowest BCUT2D eigenvalue weighted by molar-refractivity contribution is -0.122. The van der Waals surface area contributed by atoms with Crippen LogP contribution in [0.3, 0.4) is 0 Å². The molecule has 0 N–H and O–H groups in total. The highest BCUT2D eigenvalue weighted by Gasteiger charge is 2.33. The summed E-state index contributed by atoms with van der Waals surface area (Å²) in [4.78, 5) is 20.1. The van der Waals surface area contributed by atoms with Gasteiger partial charge in [0.25, 0.3) is 5.91 Å². The molecule has 0 radical (unpaired) electrons. The number of benzene rings is 2. The van der Waals surface area contributed by atoms with Gasteiger partial charge in [0.15, 0.2) is 5.17 Å². The van der Waals surface area contributed by atoms with E-state index in [0.29, 0.717) is 28.2 Å². The number of carbonyl (C=O) groups is 1. The first-order chi connectivity index (χ1) is 13.6. The third kappa shape index (κ3) is 5.25. The lowest BCUT2D eigenvalue weighted by atomic mass is 10.2. The summed E-state index contributed by atoms with van der Waals surface area (Å²) in [6, 6.07) is 15.6. The van der Waals surface area contributed by atoms with E-state index in [1.54, 1.807) is 12.0 Å². The molecule has 0 saturated carbocycles. The van der Waals surface area contributed by atoms with Crippen LogP contribution >= 0.6 is 23.4 Å². The second kappa shape index (κ2) is 9.92. The van der Waals surface area contributed by atoms with Gasteiger partial charge in [0, 0.05) is 25.3 Å². The molecule has 28 heavy (non-hydrogen) atoms. The minimum atomic E-state index is -0.0278. The first-order valence-corrected chi connectivity index (χ1v) is 10.4. The number of amidine groups is 1. The van der Waals surface area contributed by atoms with E-state index in [4.69, 9.17) is 21.3 Å². The van der Waals surface area contributed by atoms with Crippen LogP contribution in [0.15, 0.2) is 58.4 Å². The molecule has 1 fully saturated rings. The molecular formula is C22H23ClN2O2S. The zero-order valence-corrected chi connectivity index (χ0v) is 17.6. The molecule has 0 aliphatic carbocycles. The Bertz CT molecular complexity index is 876. The molecule has 1 aliphatic heterocycles. The van der Waals surface area contributed by atoms with Crippen molar-refractivity contribution in [2.45, 2.75) is 19.8 Å². The molecule has 6 heteroatoms. The van der Waals surface area contributed by atoms with Gasteiger partial charge in [-0.05, 0) is 66.1 Å². The fraction of sp³-hybridized carbons (Fsp3) is 0.273. The number of carbonyl (C=O) groups excluding carboxylic acids is 1. The van der Waals surface area contributed by atoms with E-state index < -0.39 is 0 Å². The molecule has 1 heterocycles. The number of aliphatic imine (C=N–C) groups is 1. The average Bonchev–Trinajstić information content (AvgIpc) is 2.99. The van der Waals surface area contributed by atoms with E-state index in [1.165, 1.54) is 17.3 Å². The summed E-state index contributed by atoms with van der Waals surface area (Å²) < 4.78 is 5.14. The second-order valence-corrected chi connectivity index (χ2v) is 7.83. The maximum absolute atomic E-state index is 13.0. The Labute approximate surface area is 175 Å². The molecule has 2 aromatic carbocycles. The lowest BCUT2D eigenvalue weighted by Crippen LogP contribution is -2.30. The summed E-state index contributed by atoms with van der Waals surface area (Å²) in [5, 5.41) is 1.37. The van der Waals surface area contributed by atoms with Gasteiger partial charge < -0.3 is 4.74 Å². The van der Waals surface area contributed by atoms with Crippen LogP contribution in [-0.2, 0) is 16.0 Å². The van der Waals surface area contributed by atoms with Crippen molar-refractivity contribution in [1.82, 2.24) is 4.90 Å². The van der Waals surface area contributed by atoms with Gasteiger partial charge in [-0.3, -0.25) is 9.69 Å². The third-order valence-corrected chi connectivity index (χ3v) is 5.61. The number of rotatable bonds is 7. The van der Waals surface area contributed by atoms with Gasteiger partial charge >= 0.3 is 0 Å². The molecule has 0 spiro atoms. The minimum Gasteiger partial charge on any atom is -0.385 e. The fourth-order valence-electron chi connectivity index (χ4n) is 2.78. The van der Waals surface area contributed by atoms with Crippen molar-refractivity contribution in [1.29, 1.82) is 0 Å². The van der Waals surface area contributed by atoms with Gasteiger partial charge in [-0.25, -0.2) is 4.99 Å². The molecule has 146 valence electrons. The Morgan fingerprint density at radius 1 is 1.14 bits per heavy atom. The van der Waals surface area contributed by atoms with Gasteiger partial charge in [-0.1, -0.05) is 42.8 Å². The summed E-state index contributed by atoms with van der Waals surface area (Å²) >= 11 is 7.36. The predicted molar refractivity (Wildman–Crippen MR) is 118 cm³/mol. The number of thioether (sulfide) groups is 1. The van der Waals surface area contributed by atoms with Crippen molar-refractivity contribution < 1.29 is 9.53 Å². The van der Waals surface area contributed by atoms with Crippen LogP contribution in [0.4, 0.5) is 5.69 Å². The van der Waals surface area contributed by atoms with Crippen LogP contribution in [0.25, 0.3) is 6.08 Å². The molecule has 2 aromatic rings. The Hall–Kier alpha value is -2.08. The monoisotopic (exact) mass is 414 g/mol. The highest BCUT2D eigenvalue weighted by molar-refractivity contribution is 8.18. The number of ether oxygens (including phenoxy) is 1. The normalized spacial score (nSPS) is 17.1. The Morgan fingerprint density at radius 3 is 2.50 bits per heavy atom. The summed E-state index contributed by atoms with van der Waals surface area (Å²) in [6.45, 7) is 3.30. The summed E-state index contributed by atoms with van der Waals surface area (Å²) in [7, 11) is 1.66. The van der Waals surface area contributed by atoms with E-state index in [1.807, 2.05) is 42.5 Å². The van der Waals surface area contributed by atoms with Gasteiger partial charge in [-0.15, -0.1) is 0 Å². The number of halogens is 1. The van der Waals surface area contributed by atoms with Crippen LogP contribution in [0.5, 0.6) is 0 Å². The molecular weight excluding hydrogens is 392 g/mol. The van der Waals surface area contributed by atoms with E-state index in [9.17, 15) is 4.79 Å². The maximum Gasteiger partial charge on any atom is 0.266 e. The molecule has 1 saturated heterocycles. The van der Waals surface area contributed by atoms with Gasteiger partial charge in [0.1, 0.15) is 0 Å². The van der Waals surface area contributed by atoms with Gasteiger partial charge in [0.2, 0.25) is 0 Å². The first-order valence-electron chi connectivity index (χ1n) is 9.24. The van der Waals surface area contributed by atoms with Crippen LogP contribution in [0.2, 0.25) is 5.02 Å². The van der Waals surface area contributed by atoms with Crippen molar-refractivity contribution >= 4 is 46.2 Å². The smallest absolute Gasteiger partial charge is 0.266 e. The number of methoxy groups -OCH3 is 1. The number of amides is 1. The van der Waals surface area contributed by atoms with Gasteiger partial charge in [-0.2, -0.15) is 0 Å². The molecule has 0 bridgehead atoms. The van der Waals surface area contributed by atoms with E-state index in [0.717, 1.165) is 24.1 Å². The SMILES string of the molecule is CCc1ccc(N=C2S/C(=C/c3ccc(Cl)cc3)C(=O)N2CCCOC)cc1. The van der Waals surface area contributed by atoms with Crippen molar-refractivity contribution in [3.63, 3.8) is 0 Å². The Kier molecular flexibility index (Phi) is 7.31. The molecule has 0 aromatic heterocycles. The standard InChI is InChI=1S/C22H23ClN2O2S/c1-3-16-7-11-19(12-8-16)24-22-25(13-4-14-27-2)21(26)20(28-22)15-17-5-9-18(23)10-6-17/h5-12,15H,3-4,13-14H2,1-2H3/b20-15+,24-22?. The maximum atomic E-state index is 13.0. The topological polar surface area (TPSA) is 41.9 Å². The number of hydrogen-bond donors (Lipinski definition) is 0. The van der Waals surface area contributed by atoms with Crippen LogP contribution in [0.1, 0.15) is 24.5 Å². The van der Waals surface area contributed by atoms with Crippen molar-refractivity contribution in [3.8, 4) is 0 Å². The zero-order chi connectivity index (χ0) is 19.9. The average molecular weight is 415 g/mol. The van der Waals surface area contributed by atoms with Crippen molar-refractivity contribution in [2.75, 3.05) is 20.3 Å². The fourth-order valence-corrected chi connectivity index (χ4v) is 3.93. The zero-order valence-electron chi connectivity index (χ0n) is 16.0. The Morgan fingerprint density at radius 2 is 1.86 bits per heavy atom. The van der Waals surface area contributed by atoms with Gasteiger partial charge in [0.05, 0.1) is 10.6 Å². The number of nitrogens with zero attached hydrogens (tertiary/aromatic N) is 2. The largest absolute Gasteiger partial charge is 0.385 e. The highest BCUT2D eigenvalue weighted by Crippen LogP contribution is 2.34. The first kappa shape index (κ1) is 20.6. The second-order valence-electron chi connectivity index (χ2n) is 6.38. The predicted octanol–water partition coefficient (Wildman–Crippen LogP) is 5.54. The molecule has 3 rings (SSSR count). The van der Waals surface area contributed by atoms with E-state index in [2.05, 4.69) is 19.1 Å². The molecule has 4 nitrogen and oxygen atoms in total. The van der Waals surface area contributed by atoms with Crippen LogP contribution in [0, 0.1) is 0 Å².